The average molecular weight is 589 g/mol. The van der Waals surface area contributed by atoms with Crippen molar-refractivity contribution in [3.63, 3.8) is 0 Å². The maximum absolute atomic E-state index is 13.2. The molecule has 1 saturated heterocycles. The van der Waals surface area contributed by atoms with Crippen molar-refractivity contribution in [1.29, 1.82) is 0 Å². The molecule has 228 valence electrons. The lowest BCUT2D eigenvalue weighted by Crippen LogP contribution is -2.60. The molecule has 1 aromatic heterocycles. The van der Waals surface area contributed by atoms with Crippen LogP contribution in [0.2, 0.25) is 0 Å². The van der Waals surface area contributed by atoms with E-state index in [0.29, 0.717) is 11.3 Å². The highest BCUT2D eigenvalue weighted by Gasteiger charge is 2.29. The number of nitrogens with one attached hydrogen (secondary N) is 7. The Morgan fingerprint density at radius 2 is 1.57 bits per heavy atom. The second-order valence-corrected chi connectivity index (χ2v) is 9.41. The number of urea groups is 1. The molecule has 16 nitrogen and oxygen atoms in total. The number of hydrazine groups is 1. The van der Waals surface area contributed by atoms with Crippen molar-refractivity contribution in [3.05, 3.63) is 54.1 Å². The SMILES string of the molecule is CC(O)[C@@H]1NC(=O)N[C@@H](Cc2ccccc2)C(=O)NNC(=O)[C@H](Cc2cnc[nH]2)NC(=O)COCCOCCNC1=O. The van der Waals surface area contributed by atoms with E-state index in [-0.39, 0.29) is 45.8 Å². The number of rotatable bonds is 5. The van der Waals surface area contributed by atoms with Gasteiger partial charge in [0.15, 0.2) is 0 Å². The predicted molar refractivity (Wildman–Crippen MR) is 146 cm³/mol. The Balaban J connectivity index is 1.78. The molecule has 6 amide bonds. The van der Waals surface area contributed by atoms with Crippen molar-refractivity contribution in [2.45, 2.75) is 44.0 Å². The first-order valence-corrected chi connectivity index (χ1v) is 13.3. The standard InChI is InChI=1S/C26H36N8O8/c1-16(35)22-25(39)28-7-8-41-9-10-42-14-21(36)30-20(12-18-13-27-15-29-18)24(38)34-33-23(37)19(31-26(40)32-22)11-17-5-3-2-4-6-17/h2-6,13,15-16,19-20,22,35H,7-12,14H2,1H3,(H,27,29)(H,28,39)(H,30,36)(H,33,37)(H,34,38)(H2,31,32,40)/t16?,19-,20-,22-/m0/s1. The van der Waals surface area contributed by atoms with E-state index in [9.17, 15) is 29.1 Å². The highest BCUT2D eigenvalue weighted by atomic mass is 16.5. The van der Waals surface area contributed by atoms with Crippen molar-refractivity contribution >= 4 is 29.7 Å². The molecule has 0 radical (unpaired) electrons. The van der Waals surface area contributed by atoms with E-state index in [4.69, 9.17) is 9.47 Å². The number of hydrogen-bond acceptors (Lipinski definition) is 9. The molecular weight excluding hydrogens is 552 g/mol. The number of nitrogens with zero attached hydrogens (tertiary/aromatic N) is 1. The monoisotopic (exact) mass is 588 g/mol. The lowest BCUT2D eigenvalue weighted by molar-refractivity contribution is -0.134. The third kappa shape index (κ3) is 10.8. The van der Waals surface area contributed by atoms with Gasteiger partial charge in [-0.25, -0.2) is 9.78 Å². The number of H-pyrrole nitrogens is 1. The first-order valence-electron chi connectivity index (χ1n) is 13.3. The predicted octanol–water partition coefficient (Wildman–Crippen LogP) is -2.59. The molecule has 2 heterocycles. The summed E-state index contributed by atoms with van der Waals surface area (Å²) in [6.45, 7) is 1.34. The van der Waals surface area contributed by atoms with E-state index in [1.807, 2.05) is 0 Å². The average Bonchev–Trinajstić information content (AvgIpc) is 3.48. The van der Waals surface area contributed by atoms with Crippen LogP contribution in [0.3, 0.4) is 0 Å². The van der Waals surface area contributed by atoms with Crippen LogP contribution in [0.5, 0.6) is 0 Å². The Kier molecular flexibility index (Phi) is 12.7. The number of ether oxygens (including phenoxy) is 2. The van der Waals surface area contributed by atoms with Gasteiger partial charge in [-0.15, -0.1) is 0 Å². The normalized spacial score (nSPS) is 23.1. The molecule has 1 fully saturated rings. The van der Waals surface area contributed by atoms with E-state index in [2.05, 4.69) is 42.1 Å². The molecule has 1 aliphatic heterocycles. The van der Waals surface area contributed by atoms with Gasteiger partial charge in [0, 0.05) is 31.3 Å². The van der Waals surface area contributed by atoms with E-state index >= 15 is 0 Å². The number of aliphatic hydroxyl groups excluding tert-OH is 1. The van der Waals surface area contributed by atoms with Crippen molar-refractivity contribution in [2.75, 3.05) is 33.0 Å². The summed E-state index contributed by atoms with van der Waals surface area (Å²) >= 11 is 0. The lowest BCUT2D eigenvalue weighted by atomic mass is 10.1. The summed E-state index contributed by atoms with van der Waals surface area (Å²) in [5.41, 5.74) is 5.82. The molecular formula is C26H36N8O8. The third-order valence-corrected chi connectivity index (χ3v) is 6.05. The van der Waals surface area contributed by atoms with Gasteiger partial charge in [-0.2, -0.15) is 0 Å². The number of carbonyl (C=O) groups is 5. The van der Waals surface area contributed by atoms with Gasteiger partial charge in [-0.05, 0) is 12.5 Å². The van der Waals surface area contributed by atoms with E-state index < -0.39 is 53.9 Å². The highest BCUT2D eigenvalue weighted by molar-refractivity contribution is 5.93. The van der Waals surface area contributed by atoms with Crippen molar-refractivity contribution < 1.29 is 38.6 Å². The number of aromatic amines is 1. The second kappa shape index (κ2) is 16.7. The molecule has 8 N–H and O–H groups in total. The number of carbonyl (C=O) groups excluding carboxylic acids is 5. The second-order valence-electron chi connectivity index (χ2n) is 9.41. The summed E-state index contributed by atoms with van der Waals surface area (Å²) in [6.07, 6.45) is 1.72. The smallest absolute Gasteiger partial charge is 0.316 e. The summed E-state index contributed by atoms with van der Waals surface area (Å²) in [7, 11) is 0. The van der Waals surface area contributed by atoms with Crippen LogP contribution in [-0.2, 0) is 41.5 Å². The molecule has 1 aliphatic rings. The molecule has 1 aromatic carbocycles. The van der Waals surface area contributed by atoms with Crippen LogP contribution in [0.4, 0.5) is 4.79 Å². The Hall–Kier alpha value is -4.54. The molecule has 0 bridgehead atoms. The minimum absolute atomic E-state index is 0.0322. The van der Waals surface area contributed by atoms with Crippen LogP contribution < -0.4 is 32.1 Å². The Morgan fingerprint density at radius 1 is 0.881 bits per heavy atom. The van der Waals surface area contributed by atoms with Crippen LogP contribution in [0.15, 0.2) is 42.9 Å². The van der Waals surface area contributed by atoms with Gasteiger partial charge in [-0.3, -0.25) is 30.0 Å². The summed E-state index contributed by atoms with van der Waals surface area (Å²) < 4.78 is 10.7. The summed E-state index contributed by atoms with van der Waals surface area (Å²) in [6, 6.07) is 4.25. The number of benzene rings is 1. The zero-order chi connectivity index (χ0) is 30.3. The fourth-order valence-electron chi connectivity index (χ4n) is 3.91. The third-order valence-electron chi connectivity index (χ3n) is 6.05. The lowest BCUT2D eigenvalue weighted by Gasteiger charge is -2.24. The first-order chi connectivity index (χ1) is 20.2. The molecule has 3 rings (SSSR count). The maximum Gasteiger partial charge on any atom is 0.316 e. The molecule has 42 heavy (non-hydrogen) atoms. The van der Waals surface area contributed by atoms with Crippen LogP contribution in [0, 0.1) is 0 Å². The first kappa shape index (κ1) is 32.0. The molecule has 2 aromatic rings. The quantitative estimate of drug-likeness (QED) is 0.183. The summed E-state index contributed by atoms with van der Waals surface area (Å²) in [5, 5.41) is 20.1. The number of aliphatic hydroxyl groups is 1. The minimum atomic E-state index is -1.33. The molecule has 1 unspecified atom stereocenters. The fourth-order valence-corrected chi connectivity index (χ4v) is 3.91. The Bertz CT molecular complexity index is 1180. The van der Waals surface area contributed by atoms with Crippen molar-refractivity contribution in [3.8, 4) is 0 Å². The van der Waals surface area contributed by atoms with Crippen LogP contribution in [0.1, 0.15) is 18.2 Å². The molecule has 0 saturated carbocycles. The fraction of sp³-hybridized carbons (Fsp3) is 0.462. The van der Waals surface area contributed by atoms with E-state index in [1.165, 1.54) is 19.4 Å². The number of imidazole rings is 1. The van der Waals surface area contributed by atoms with Gasteiger partial charge in [0.1, 0.15) is 24.7 Å². The van der Waals surface area contributed by atoms with Crippen molar-refractivity contribution in [2.24, 2.45) is 0 Å². The van der Waals surface area contributed by atoms with E-state index in [0.717, 1.165) is 0 Å². The Labute approximate surface area is 241 Å². The van der Waals surface area contributed by atoms with Gasteiger partial charge in [0.25, 0.3) is 11.8 Å². The molecule has 4 atom stereocenters. The molecule has 0 aliphatic carbocycles. The van der Waals surface area contributed by atoms with Crippen LogP contribution >= 0.6 is 0 Å². The van der Waals surface area contributed by atoms with Gasteiger partial charge in [0.05, 0.1) is 32.3 Å². The van der Waals surface area contributed by atoms with Crippen LogP contribution in [0.25, 0.3) is 0 Å². The van der Waals surface area contributed by atoms with Crippen molar-refractivity contribution in [1.82, 2.24) is 42.1 Å². The van der Waals surface area contributed by atoms with Crippen LogP contribution in [-0.4, -0.2) is 102 Å². The zero-order valence-corrected chi connectivity index (χ0v) is 23.1. The number of aromatic nitrogens is 2. The summed E-state index contributed by atoms with van der Waals surface area (Å²) in [5.74, 6) is -2.77. The zero-order valence-electron chi connectivity index (χ0n) is 23.1. The Morgan fingerprint density at radius 3 is 2.24 bits per heavy atom. The maximum atomic E-state index is 13.2. The molecule has 0 spiro atoms. The minimum Gasteiger partial charge on any atom is -0.391 e. The number of amides is 6. The number of hydrogen-bond donors (Lipinski definition) is 8. The largest absolute Gasteiger partial charge is 0.391 e. The highest BCUT2D eigenvalue weighted by Crippen LogP contribution is 2.05. The molecule has 16 heteroatoms. The van der Waals surface area contributed by atoms with Gasteiger partial charge in [0.2, 0.25) is 11.8 Å². The van der Waals surface area contributed by atoms with Gasteiger partial charge >= 0.3 is 6.03 Å². The summed E-state index contributed by atoms with van der Waals surface area (Å²) in [4.78, 5) is 70.9. The topological polar surface area (TPSA) is 225 Å². The van der Waals surface area contributed by atoms with E-state index in [1.54, 1.807) is 30.3 Å². The van der Waals surface area contributed by atoms with Gasteiger partial charge in [-0.1, -0.05) is 30.3 Å². The van der Waals surface area contributed by atoms with Gasteiger partial charge < -0.3 is 40.8 Å².